The molecule has 1 heterocycles. The van der Waals surface area contributed by atoms with Gasteiger partial charge in [-0.1, -0.05) is 35.9 Å². The maximum absolute atomic E-state index is 12.9. The van der Waals surface area contributed by atoms with Gasteiger partial charge in [0.25, 0.3) is 5.91 Å². The molecule has 0 saturated carbocycles. The largest absolute Gasteiger partial charge is 0.493 e. The van der Waals surface area contributed by atoms with Gasteiger partial charge in [-0.25, -0.2) is 14.5 Å². The molecule has 1 aliphatic rings. The van der Waals surface area contributed by atoms with Crippen LogP contribution in [-0.4, -0.2) is 47.5 Å². The number of nitrogens with zero attached hydrogens (tertiary/aromatic N) is 1. The lowest BCUT2D eigenvalue weighted by atomic mass is 10.1. The van der Waals surface area contributed by atoms with Gasteiger partial charge in [0.2, 0.25) is 5.91 Å². The van der Waals surface area contributed by atoms with E-state index in [0.717, 1.165) is 16.0 Å². The Morgan fingerprint density at radius 1 is 1.10 bits per heavy atom. The number of carbonyl (C=O) groups is 4. The first-order chi connectivity index (χ1) is 18.6. The molecule has 3 aromatic rings. The van der Waals surface area contributed by atoms with Crippen molar-refractivity contribution in [2.75, 3.05) is 19.0 Å². The van der Waals surface area contributed by atoms with E-state index in [1.165, 1.54) is 31.4 Å². The van der Waals surface area contributed by atoms with E-state index < -0.39 is 30.4 Å². The topological polar surface area (TPSA) is 134 Å². The molecule has 11 heteroatoms. The molecule has 1 saturated heterocycles. The highest BCUT2D eigenvalue weighted by atomic mass is 35.5. The number of benzene rings is 3. The Balaban J connectivity index is 1.45. The van der Waals surface area contributed by atoms with Crippen molar-refractivity contribution in [2.45, 2.75) is 13.5 Å². The van der Waals surface area contributed by atoms with Gasteiger partial charge in [0.15, 0.2) is 11.5 Å². The Bertz CT molecular complexity index is 1480. The predicted octanol–water partition coefficient (Wildman–Crippen LogP) is 4.47. The van der Waals surface area contributed by atoms with Crippen LogP contribution in [0, 0.1) is 6.92 Å². The third-order valence-electron chi connectivity index (χ3n) is 5.71. The second-order valence-corrected chi connectivity index (χ2v) is 9.03. The second kappa shape index (κ2) is 11.7. The number of aromatic carboxylic acids is 1. The number of nitrogens with one attached hydrogen (secondary N) is 2. The number of carboxylic acids is 1. The van der Waals surface area contributed by atoms with Crippen molar-refractivity contribution in [3.8, 4) is 11.5 Å². The summed E-state index contributed by atoms with van der Waals surface area (Å²) in [6.45, 7) is 1.52. The number of carboxylic acid groups (broad SMARTS) is 1. The molecule has 0 aliphatic carbocycles. The summed E-state index contributed by atoms with van der Waals surface area (Å²) >= 11 is 6.43. The fraction of sp³-hybridized carbons (Fsp3) is 0.143. The van der Waals surface area contributed by atoms with Gasteiger partial charge in [0, 0.05) is 5.69 Å². The summed E-state index contributed by atoms with van der Waals surface area (Å²) < 4.78 is 11.2. The quantitative estimate of drug-likeness (QED) is 0.265. The molecular weight excluding hydrogens is 526 g/mol. The second-order valence-electron chi connectivity index (χ2n) is 8.62. The zero-order valence-electron chi connectivity index (χ0n) is 21.0. The molecule has 4 amide bonds. The smallest absolute Gasteiger partial charge is 0.335 e. The average molecular weight is 550 g/mol. The molecule has 0 spiro atoms. The van der Waals surface area contributed by atoms with Crippen LogP contribution in [0.2, 0.25) is 5.02 Å². The number of methoxy groups -OCH3 is 1. The van der Waals surface area contributed by atoms with Crippen LogP contribution in [0.5, 0.6) is 11.5 Å². The first kappa shape index (κ1) is 27.2. The minimum absolute atomic E-state index is 0.0336. The summed E-state index contributed by atoms with van der Waals surface area (Å²) in [5.74, 6) is -1.68. The van der Waals surface area contributed by atoms with Crippen molar-refractivity contribution in [1.82, 2.24) is 10.2 Å². The number of rotatable bonds is 9. The third kappa shape index (κ3) is 6.55. The van der Waals surface area contributed by atoms with Crippen molar-refractivity contribution >= 4 is 47.2 Å². The summed E-state index contributed by atoms with van der Waals surface area (Å²) in [5.41, 5.74) is 2.80. The van der Waals surface area contributed by atoms with E-state index in [9.17, 15) is 19.2 Å². The van der Waals surface area contributed by atoms with Crippen LogP contribution < -0.4 is 20.1 Å². The summed E-state index contributed by atoms with van der Waals surface area (Å²) in [4.78, 5) is 49.5. The SMILES string of the molecule is COc1cc(/C=C2\NC(=O)N(CC(=O)Nc3cccc(C)c3)C2=O)cc(Cl)c1OCc1ccc(C(=O)O)cc1. The minimum atomic E-state index is -1.03. The highest BCUT2D eigenvalue weighted by Gasteiger charge is 2.35. The lowest BCUT2D eigenvalue weighted by Gasteiger charge is -2.14. The van der Waals surface area contributed by atoms with Gasteiger partial charge in [0.05, 0.1) is 17.7 Å². The molecule has 10 nitrogen and oxygen atoms in total. The zero-order chi connectivity index (χ0) is 28.1. The number of carbonyl (C=O) groups excluding carboxylic acids is 3. The van der Waals surface area contributed by atoms with E-state index in [2.05, 4.69) is 10.6 Å². The van der Waals surface area contributed by atoms with Gasteiger partial charge in [-0.15, -0.1) is 0 Å². The van der Waals surface area contributed by atoms with Gasteiger partial charge in [-0.2, -0.15) is 0 Å². The lowest BCUT2D eigenvalue weighted by molar-refractivity contribution is -0.127. The number of anilines is 1. The fourth-order valence-corrected chi connectivity index (χ4v) is 4.08. The molecule has 3 N–H and O–H groups in total. The maximum atomic E-state index is 12.9. The number of aryl methyl sites for hydroxylation is 1. The Morgan fingerprint density at radius 2 is 1.85 bits per heavy atom. The molecule has 0 aromatic heterocycles. The molecule has 3 aromatic carbocycles. The van der Waals surface area contributed by atoms with Crippen molar-refractivity contribution in [2.24, 2.45) is 0 Å². The van der Waals surface area contributed by atoms with Gasteiger partial charge < -0.3 is 25.2 Å². The zero-order valence-corrected chi connectivity index (χ0v) is 21.7. The minimum Gasteiger partial charge on any atom is -0.493 e. The summed E-state index contributed by atoms with van der Waals surface area (Å²) in [6, 6.07) is 15.7. The average Bonchev–Trinajstić information content (AvgIpc) is 3.15. The lowest BCUT2D eigenvalue weighted by Crippen LogP contribution is -2.38. The number of ether oxygens (including phenoxy) is 2. The third-order valence-corrected chi connectivity index (χ3v) is 5.99. The van der Waals surface area contributed by atoms with Crippen molar-refractivity contribution in [1.29, 1.82) is 0 Å². The van der Waals surface area contributed by atoms with Crippen LogP contribution in [0.15, 0.2) is 66.4 Å². The van der Waals surface area contributed by atoms with E-state index in [1.807, 2.05) is 13.0 Å². The van der Waals surface area contributed by atoms with E-state index >= 15 is 0 Å². The van der Waals surface area contributed by atoms with Crippen LogP contribution in [0.25, 0.3) is 6.08 Å². The first-order valence-electron chi connectivity index (χ1n) is 11.7. The van der Waals surface area contributed by atoms with E-state index in [0.29, 0.717) is 11.3 Å². The van der Waals surface area contributed by atoms with Crippen LogP contribution in [0.3, 0.4) is 0 Å². The normalized spacial score (nSPS) is 13.8. The van der Waals surface area contributed by atoms with E-state index in [4.69, 9.17) is 26.2 Å². The monoisotopic (exact) mass is 549 g/mol. The fourth-order valence-electron chi connectivity index (χ4n) is 3.81. The van der Waals surface area contributed by atoms with Crippen LogP contribution in [0.1, 0.15) is 27.0 Å². The number of hydrogen-bond acceptors (Lipinski definition) is 6. The summed E-state index contributed by atoms with van der Waals surface area (Å²) in [5, 5.41) is 14.4. The molecule has 4 rings (SSSR count). The Hall–Kier alpha value is -4.83. The van der Waals surface area contributed by atoms with Gasteiger partial charge >= 0.3 is 12.0 Å². The molecular formula is C28H24ClN3O7. The molecule has 1 aliphatic heterocycles. The molecule has 0 radical (unpaired) electrons. The highest BCUT2D eigenvalue weighted by molar-refractivity contribution is 6.32. The number of halogens is 1. The molecule has 200 valence electrons. The number of amides is 4. The number of hydrogen-bond donors (Lipinski definition) is 3. The molecule has 0 unspecified atom stereocenters. The van der Waals surface area contributed by atoms with E-state index in [-0.39, 0.29) is 34.4 Å². The van der Waals surface area contributed by atoms with Gasteiger partial charge in [-0.05, 0) is 66.1 Å². The van der Waals surface area contributed by atoms with E-state index in [1.54, 1.807) is 36.4 Å². The van der Waals surface area contributed by atoms with Crippen molar-refractivity contribution in [3.05, 3.63) is 93.6 Å². The molecule has 39 heavy (non-hydrogen) atoms. The highest BCUT2D eigenvalue weighted by Crippen LogP contribution is 2.37. The van der Waals surface area contributed by atoms with Gasteiger partial charge in [0.1, 0.15) is 18.8 Å². The molecule has 0 atom stereocenters. The molecule has 1 fully saturated rings. The summed E-state index contributed by atoms with van der Waals surface area (Å²) in [6.07, 6.45) is 1.42. The predicted molar refractivity (Wildman–Crippen MR) is 144 cm³/mol. The standard InChI is InChI=1S/C28H24ClN3O7/c1-16-4-3-5-20(10-16)30-24(33)14-32-26(34)22(31-28(32)37)12-18-11-21(29)25(23(13-18)38-2)39-15-17-6-8-19(9-7-17)27(35)36/h3-13H,14-15H2,1-2H3,(H,30,33)(H,31,37)(H,35,36)/b22-12-. The Morgan fingerprint density at radius 3 is 2.51 bits per heavy atom. The van der Waals surface area contributed by atoms with Gasteiger partial charge in [-0.3, -0.25) is 9.59 Å². The number of urea groups is 1. The number of imide groups is 1. The van der Waals surface area contributed by atoms with Crippen molar-refractivity contribution in [3.63, 3.8) is 0 Å². The Kier molecular flexibility index (Phi) is 8.16. The maximum Gasteiger partial charge on any atom is 0.335 e. The van der Waals surface area contributed by atoms with Crippen LogP contribution in [0.4, 0.5) is 10.5 Å². The molecule has 0 bridgehead atoms. The first-order valence-corrected chi connectivity index (χ1v) is 12.1. The van der Waals surface area contributed by atoms with Crippen molar-refractivity contribution < 1.29 is 33.8 Å². The Labute approximate surface area is 228 Å². The van der Waals surface area contributed by atoms with Crippen LogP contribution >= 0.6 is 11.6 Å². The van der Waals surface area contributed by atoms with Crippen LogP contribution in [-0.2, 0) is 16.2 Å². The summed E-state index contributed by atoms with van der Waals surface area (Å²) in [7, 11) is 1.42.